The second-order valence-electron chi connectivity index (χ2n) is 16.3. The summed E-state index contributed by atoms with van der Waals surface area (Å²) in [6.07, 6.45) is 4.72. The lowest BCUT2D eigenvalue weighted by atomic mass is 9.78. The molecular weight excluding hydrogens is 787 g/mol. The second kappa shape index (κ2) is 18.4. The molecule has 328 valence electrons. The maximum atomic E-state index is 14.5. The van der Waals surface area contributed by atoms with Gasteiger partial charge in [-0.1, -0.05) is 45.9 Å². The third-order valence-corrected chi connectivity index (χ3v) is 11.7. The Bertz CT molecular complexity index is 2300. The average molecular weight is 844 g/mol. The summed E-state index contributed by atoms with van der Waals surface area (Å²) >= 11 is 0. The zero-order valence-electron chi connectivity index (χ0n) is 36.4. The highest BCUT2D eigenvalue weighted by Gasteiger charge is 2.50. The SMILES string of the molecule is CO[C@H]1/C=C/O[C@@]2(C)Oc3c(C)c(O)c4c(O)c(c(C=Nc5ccc(N(C)C)cc5)c(O)c4c3C2=O)NC(=O)/C(C)=C\C=C\[C@H](C)[C@H](O)[C@@H](C)[C@@H](O)[C@H](C)[C@H](OC(C)=O)[C@H]1C. The molecule has 0 fully saturated rings. The van der Waals surface area contributed by atoms with Crippen molar-refractivity contribution in [3.63, 3.8) is 0 Å². The summed E-state index contributed by atoms with van der Waals surface area (Å²) in [6.45, 7) is 12.5. The van der Waals surface area contributed by atoms with Crippen LogP contribution in [0.5, 0.6) is 23.0 Å². The van der Waals surface area contributed by atoms with Crippen molar-refractivity contribution < 1.29 is 58.9 Å². The number of benzene rings is 3. The molecule has 0 unspecified atom stereocenters. The van der Waals surface area contributed by atoms with Crippen molar-refractivity contribution in [3.8, 4) is 23.0 Å². The number of amides is 1. The molecule has 9 atom stereocenters. The van der Waals surface area contributed by atoms with Gasteiger partial charge in [0.2, 0.25) is 0 Å². The summed E-state index contributed by atoms with van der Waals surface area (Å²) in [6, 6.07) is 7.12. The van der Waals surface area contributed by atoms with E-state index in [0.29, 0.717) is 5.69 Å². The fraction of sp³-hybridized carbons (Fsp3) is 0.435. The molecule has 0 saturated carbocycles. The van der Waals surface area contributed by atoms with Gasteiger partial charge < -0.3 is 54.7 Å². The second-order valence-corrected chi connectivity index (χ2v) is 16.3. The number of aromatic hydroxyl groups is 3. The number of aliphatic hydroxyl groups excluding tert-OH is 2. The predicted octanol–water partition coefficient (Wildman–Crippen LogP) is 6.57. The van der Waals surface area contributed by atoms with Gasteiger partial charge in [0.1, 0.15) is 23.4 Å². The lowest BCUT2D eigenvalue weighted by Gasteiger charge is -2.38. The standard InChI is InChI=1S/C46H57N3O12/c1-22-13-12-14-23(2)45(57)48-36-31(21-47-29-15-17-30(18-16-29)49(9)10)40(54)33-34(41(36)55)39(53)27(6)43-35(33)44(56)46(8,61-43)59-20-19-32(58-11)24(3)42(60-28(7)50)26(5)38(52)25(4)37(22)51/h12-22,24-26,32,37-38,42,51-55H,1-11H3,(H,48,57)/b13-12+,20-19+,23-14-,47-21?/t22-,24-,25+,26-,32-,37-,38+,42+,46-/m0/s1. The van der Waals surface area contributed by atoms with Crippen molar-refractivity contribution in [2.24, 2.45) is 28.7 Å². The number of nitrogens with one attached hydrogen (secondary N) is 1. The topological polar surface area (TPSA) is 217 Å². The lowest BCUT2D eigenvalue weighted by molar-refractivity contribution is -0.160. The van der Waals surface area contributed by atoms with Crippen LogP contribution >= 0.6 is 0 Å². The number of anilines is 2. The minimum atomic E-state index is -2.06. The first kappa shape index (κ1) is 46.2. The molecule has 0 aliphatic carbocycles. The number of rotatable bonds is 5. The van der Waals surface area contributed by atoms with Crippen LogP contribution in [0.3, 0.4) is 0 Å². The number of allylic oxidation sites excluding steroid dienone is 2. The summed E-state index contributed by atoms with van der Waals surface area (Å²) in [4.78, 5) is 47.0. The number of fused-ring (bicyclic) bond motifs is 14. The number of carbonyl (C=O) groups excluding carboxylic acids is 3. The van der Waals surface area contributed by atoms with E-state index in [2.05, 4.69) is 10.3 Å². The van der Waals surface area contributed by atoms with Gasteiger partial charge in [0.05, 0.1) is 52.5 Å². The molecule has 0 saturated heterocycles. The van der Waals surface area contributed by atoms with Gasteiger partial charge in [0.25, 0.3) is 11.7 Å². The molecule has 3 aromatic rings. The van der Waals surface area contributed by atoms with Gasteiger partial charge in [-0.15, -0.1) is 0 Å². The zero-order chi connectivity index (χ0) is 45.2. The molecule has 61 heavy (non-hydrogen) atoms. The summed E-state index contributed by atoms with van der Waals surface area (Å²) in [7, 11) is 5.20. The Hall–Kier alpha value is -5.90. The van der Waals surface area contributed by atoms with Gasteiger partial charge in [0.15, 0.2) is 5.75 Å². The van der Waals surface area contributed by atoms with Gasteiger partial charge in [-0.05, 0) is 44.2 Å². The fourth-order valence-electron chi connectivity index (χ4n) is 7.85. The third-order valence-electron chi connectivity index (χ3n) is 11.7. The highest BCUT2D eigenvalue weighted by Crippen LogP contribution is 2.55. The molecule has 0 spiro atoms. The van der Waals surface area contributed by atoms with Crippen LogP contribution in [0.4, 0.5) is 17.1 Å². The Morgan fingerprint density at radius 1 is 0.918 bits per heavy atom. The molecule has 15 nitrogen and oxygen atoms in total. The summed E-state index contributed by atoms with van der Waals surface area (Å²) in [5, 5.41) is 60.6. The quantitative estimate of drug-likeness (QED) is 0.0694. The molecule has 6 rings (SSSR count). The Morgan fingerprint density at radius 2 is 1.57 bits per heavy atom. The van der Waals surface area contributed by atoms with E-state index in [0.717, 1.165) is 5.69 Å². The number of phenols is 3. The average Bonchev–Trinajstić information content (AvgIpc) is 3.49. The molecule has 1 amide bonds. The number of ketones is 1. The van der Waals surface area contributed by atoms with E-state index in [-0.39, 0.29) is 44.5 Å². The van der Waals surface area contributed by atoms with E-state index in [1.165, 1.54) is 59.4 Å². The number of hydrogen-bond acceptors (Lipinski definition) is 14. The Kier molecular flexibility index (Phi) is 13.9. The van der Waals surface area contributed by atoms with Gasteiger partial charge in [-0.3, -0.25) is 19.4 Å². The molecule has 15 heteroatoms. The first-order valence-corrected chi connectivity index (χ1v) is 20.0. The van der Waals surface area contributed by atoms with Gasteiger partial charge in [0, 0.05) is 87.1 Å². The van der Waals surface area contributed by atoms with Crippen LogP contribution in [-0.2, 0) is 23.8 Å². The Morgan fingerprint density at radius 3 is 2.18 bits per heavy atom. The maximum absolute atomic E-state index is 14.5. The van der Waals surface area contributed by atoms with Crippen molar-refractivity contribution in [3.05, 3.63) is 77.1 Å². The minimum absolute atomic E-state index is 0.0407. The molecule has 0 radical (unpaired) electrons. The highest BCUT2D eigenvalue weighted by atomic mass is 16.7. The van der Waals surface area contributed by atoms with E-state index in [4.69, 9.17) is 18.9 Å². The van der Waals surface area contributed by atoms with Crippen LogP contribution < -0.4 is 15.0 Å². The van der Waals surface area contributed by atoms with Crippen LogP contribution in [0, 0.1) is 30.6 Å². The van der Waals surface area contributed by atoms with Gasteiger partial charge in [-0.2, -0.15) is 0 Å². The van der Waals surface area contributed by atoms with Crippen LogP contribution in [0.2, 0.25) is 0 Å². The number of Topliss-reactive ketones (excluding diaryl/α,β-unsaturated/α-hetero) is 1. The number of esters is 1. The van der Waals surface area contributed by atoms with Gasteiger partial charge in [-0.25, -0.2) is 0 Å². The lowest BCUT2D eigenvalue weighted by Crippen LogP contribution is -2.46. The fourth-order valence-corrected chi connectivity index (χ4v) is 7.85. The third kappa shape index (κ3) is 9.09. The highest BCUT2D eigenvalue weighted by molar-refractivity contribution is 6.24. The maximum Gasteiger partial charge on any atom is 0.312 e. The normalized spacial score (nSPS) is 29.4. The van der Waals surface area contributed by atoms with Crippen LogP contribution in [0.15, 0.2) is 65.4 Å². The zero-order valence-corrected chi connectivity index (χ0v) is 36.4. The van der Waals surface area contributed by atoms with E-state index in [1.54, 1.807) is 52.0 Å². The summed E-state index contributed by atoms with van der Waals surface area (Å²) in [5.74, 6) is -8.55. The van der Waals surface area contributed by atoms with Crippen molar-refractivity contribution in [1.29, 1.82) is 0 Å². The minimum Gasteiger partial charge on any atom is -0.507 e. The number of aliphatic imine (C=N–C) groups is 1. The summed E-state index contributed by atoms with van der Waals surface area (Å²) < 4.78 is 23.6. The number of hydrogen-bond donors (Lipinski definition) is 6. The monoisotopic (exact) mass is 843 g/mol. The Balaban J connectivity index is 1.73. The molecule has 3 aliphatic heterocycles. The predicted molar refractivity (Wildman–Crippen MR) is 232 cm³/mol. The van der Waals surface area contributed by atoms with Crippen LogP contribution in [-0.4, -0.2) is 101 Å². The Labute approximate surface area is 355 Å². The molecule has 0 aromatic heterocycles. The molecule has 5 bridgehead atoms. The van der Waals surface area contributed by atoms with Crippen molar-refractivity contribution in [2.75, 3.05) is 31.4 Å². The molecule has 3 aromatic carbocycles. The largest absolute Gasteiger partial charge is 0.507 e. The molecule has 3 heterocycles. The molecule has 3 aliphatic rings. The smallest absolute Gasteiger partial charge is 0.312 e. The molecular formula is C46H57N3O12. The van der Waals surface area contributed by atoms with Crippen LogP contribution in [0.1, 0.15) is 70.0 Å². The molecule has 6 N–H and O–H groups in total. The van der Waals surface area contributed by atoms with Crippen molar-refractivity contribution in [1.82, 2.24) is 0 Å². The van der Waals surface area contributed by atoms with Crippen molar-refractivity contribution in [2.45, 2.75) is 85.6 Å². The number of phenolic OH excluding ortho intramolecular Hbond substituents is 3. The number of methoxy groups -OCH3 is 1. The number of nitrogens with zero attached hydrogens (tertiary/aromatic N) is 2. The van der Waals surface area contributed by atoms with E-state index >= 15 is 0 Å². The van der Waals surface area contributed by atoms with E-state index < -0.39 is 88.8 Å². The van der Waals surface area contributed by atoms with Crippen LogP contribution in [0.25, 0.3) is 10.8 Å². The van der Waals surface area contributed by atoms with E-state index in [9.17, 15) is 39.9 Å². The number of carbonyl (C=O) groups is 3. The van der Waals surface area contributed by atoms with Crippen molar-refractivity contribution >= 4 is 51.7 Å². The first-order chi connectivity index (χ1) is 28.6. The number of aliphatic hydroxyl groups is 2. The first-order valence-electron chi connectivity index (χ1n) is 20.0. The van der Waals surface area contributed by atoms with Gasteiger partial charge >= 0.3 is 11.8 Å². The van der Waals surface area contributed by atoms with E-state index in [1.807, 2.05) is 31.1 Å². The summed E-state index contributed by atoms with van der Waals surface area (Å²) in [5.41, 5.74) is 0.874. The number of ether oxygens (including phenoxy) is 4.